The number of carbonyl (C=O) groups is 1. The Morgan fingerprint density at radius 2 is 2.31 bits per heavy atom. The summed E-state index contributed by atoms with van der Waals surface area (Å²) in [7, 11) is 1.70. The molecule has 5 heteroatoms. The zero-order chi connectivity index (χ0) is 11.7. The molecular formula is C11H12N2O2S. The molecule has 0 aliphatic heterocycles. The number of nitrogens with zero attached hydrogens (tertiary/aromatic N) is 2. The summed E-state index contributed by atoms with van der Waals surface area (Å²) < 4.78 is 5.37. The number of aromatic nitrogens is 1. The first-order chi connectivity index (χ1) is 7.56. The van der Waals surface area contributed by atoms with E-state index in [0.29, 0.717) is 12.4 Å². The number of oxazole rings is 1. The van der Waals surface area contributed by atoms with Gasteiger partial charge in [0, 0.05) is 20.5 Å². The van der Waals surface area contributed by atoms with Crippen molar-refractivity contribution in [2.75, 3.05) is 7.05 Å². The number of hydrogen-bond acceptors (Lipinski definition) is 3. The van der Waals surface area contributed by atoms with Crippen molar-refractivity contribution in [3.8, 4) is 0 Å². The summed E-state index contributed by atoms with van der Waals surface area (Å²) in [6.07, 6.45) is 0. The van der Waals surface area contributed by atoms with Gasteiger partial charge in [-0.1, -0.05) is 18.7 Å². The first-order valence-electron chi connectivity index (χ1n) is 4.86. The minimum atomic E-state index is -0.253. The molecular weight excluding hydrogens is 224 g/mol. The van der Waals surface area contributed by atoms with Gasteiger partial charge in [0.05, 0.1) is 0 Å². The van der Waals surface area contributed by atoms with E-state index in [0.717, 1.165) is 16.7 Å². The molecule has 2 rings (SSSR count). The molecule has 0 atom stereocenters. The van der Waals surface area contributed by atoms with Gasteiger partial charge in [-0.15, -0.1) is 0 Å². The molecule has 0 unspecified atom stereocenters. The molecule has 84 valence electrons. The summed E-state index contributed by atoms with van der Waals surface area (Å²) in [6.45, 7) is 2.33. The quantitative estimate of drug-likeness (QED) is 0.815. The van der Waals surface area contributed by atoms with Crippen LogP contribution in [0.2, 0.25) is 0 Å². The van der Waals surface area contributed by atoms with Gasteiger partial charge in [0.2, 0.25) is 0 Å². The number of aryl methyl sites for hydroxylation is 1. The summed E-state index contributed by atoms with van der Waals surface area (Å²) in [5.74, 6) is 0.644. The highest BCUT2D eigenvalue weighted by Gasteiger charge is 2.07. The lowest BCUT2D eigenvalue weighted by atomic mass is 10.2. The van der Waals surface area contributed by atoms with E-state index in [1.807, 2.05) is 25.1 Å². The van der Waals surface area contributed by atoms with E-state index in [9.17, 15) is 4.79 Å². The van der Waals surface area contributed by atoms with Gasteiger partial charge >= 0.3 is 0 Å². The number of amides is 1. The fourth-order valence-electron chi connectivity index (χ4n) is 1.53. The van der Waals surface area contributed by atoms with Crippen LogP contribution in [0.25, 0.3) is 11.1 Å². The van der Waals surface area contributed by atoms with E-state index in [2.05, 4.69) is 17.6 Å². The van der Waals surface area contributed by atoms with Crippen molar-refractivity contribution < 1.29 is 9.21 Å². The molecule has 0 aliphatic carbocycles. The molecule has 2 aromatic rings. The van der Waals surface area contributed by atoms with Crippen LogP contribution < -0.4 is 0 Å². The van der Waals surface area contributed by atoms with Crippen molar-refractivity contribution in [1.29, 1.82) is 0 Å². The molecule has 0 spiro atoms. The van der Waals surface area contributed by atoms with Gasteiger partial charge in [0.15, 0.2) is 11.5 Å². The maximum atomic E-state index is 11.0. The van der Waals surface area contributed by atoms with Gasteiger partial charge in [-0.3, -0.25) is 4.79 Å². The Balaban J connectivity index is 2.28. The van der Waals surface area contributed by atoms with Gasteiger partial charge < -0.3 is 9.32 Å². The maximum Gasteiger partial charge on any atom is 0.278 e. The van der Waals surface area contributed by atoms with Gasteiger partial charge in [-0.2, -0.15) is 0 Å². The molecule has 0 saturated heterocycles. The molecule has 0 bridgehead atoms. The van der Waals surface area contributed by atoms with Crippen LogP contribution in [0.15, 0.2) is 22.6 Å². The van der Waals surface area contributed by atoms with Crippen molar-refractivity contribution in [3.05, 3.63) is 29.7 Å². The minimum Gasteiger partial charge on any atom is -0.441 e. The second kappa shape index (κ2) is 4.17. The molecule has 0 saturated carbocycles. The van der Waals surface area contributed by atoms with Crippen molar-refractivity contribution in [3.63, 3.8) is 0 Å². The molecule has 0 fully saturated rings. The standard InChI is InChI=1S/C11H12N2O2S/c1-7-12-9-5-8(3-4-10(9)15-7)6-13(2)11(14)16/h3-5H,6H2,1-2H3,(H,14,16). The Morgan fingerprint density at radius 3 is 3.00 bits per heavy atom. The number of rotatable bonds is 2. The van der Waals surface area contributed by atoms with E-state index >= 15 is 0 Å². The second-order valence-corrected chi connectivity index (χ2v) is 4.06. The predicted octanol–water partition coefficient (Wildman–Crippen LogP) is 2.62. The van der Waals surface area contributed by atoms with E-state index in [4.69, 9.17) is 4.42 Å². The average Bonchev–Trinajstić information content (AvgIpc) is 2.57. The lowest BCUT2D eigenvalue weighted by Crippen LogP contribution is -2.19. The summed E-state index contributed by atoms with van der Waals surface area (Å²) in [6, 6.07) is 5.70. The third-order valence-electron chi connectivity index (χ3n) is 2.31. The highest BCUT2D eigenvalue weighted by atomic mass is 32.1. The van der Waals surface area contributed by atoms with Crippen molar-refractivity contribution in [2.45, 2.75) is 13.5 Å². The predicted molar refractivity (Wildman–Crippen MR) is 64.6 cm³/mol. The van der Waals surface area contributed by atoms with Crippen molar-refractivity contribution in [2.24, 2.45) is 0 Å². The lowest BCUT2D eigenvalue weighted by molar-refractivity contribution is 0.232. The van der Waals surface area contributed by atoms with Crippen LogP contribution in [-0.4, -0.2) is 22.2 Å². The zero-order valence-corrected chi connectivity index (χ0v) is 9.99. The normalized spacial score (nSPS) is 10.7. The largest absolute Gasteiger partial charge is 0.441 e. The molecule has 4 nitrogen and oxygen atoms in total. The first kappa shape index (κ1) is 11.0. The number of carbonyl (C=O) groups excluding carboxylic acids is 1. The Kier molecular flexibility index (Phi) is 2.87. The van der Waals surface area contributed by atoms with Gasteiger partial charge in [0.25, 0.3) is 5.24 Å². The Labute approximate surface area is 98.7 Å². The third kappa shape index (κ3) is 2.19. The lowest BCUT2D eigenvalue weighted by Gasteiger charge is -2.13. The van der Waals surface area contributed by atoms with Crippen LogP contribution in [0.5, 0.6) is 0 Å². The molecule has 16 heavy (non-hydrogen) atoms. The van der Waals surface area contributed by atoms with Crippen LogP contribution in [0.3, 0.4) is 0 Å². The number of thiol groups is 1. The highest BCUT2D eigenvalue weighted by Crippen LogP contribution is 2.17. The number of fused-ring (bicyclic) bond motifs is 1. The van der Waals surface area contributed by atoms with E-state index in [1.54, 1.807) is 7.05 Å². The SMILES string of the molecule is Cc1nc2cc(CN(C)C(=O)S)ccc2o1. The number of hydrogen-bond donors (Lipinski definition) is 1. The smallest absolute Gasteiger partial charge is 0.278 e. The highest BCUT2D eigenvalue weighted by molar-refractivity contribution is 7.96. The Bertz CT molecular complexity index is 536. The van der Waals surface area contributed by atoms with Gasteiger partial charge in [0.1, 0.15) is 5.52 Å². The molecule has 0 aliphatic rings. The van der Waals surface area contributed by atoms with E-state index in [-0.39, 0.29) is 5.24 Å². The Morgan fingerprint density at radius 1 is 1.56 bits per heavy atom. The van der Waals surface area contributed by atoms with Crippen molar-refractivity contribution >= 4 is 29.0 Å². The van der Waals surface area contributed by atoms with Gasteiger partial charge in [-0.25, -0.2) is 4.98 Å². The maximum absolute atomic E-state index is 11.0. The topological polar surface area (TPSA) is 46.3 Å². The Hall–Kier alpha value is -1.49. The first-order valence-corrected chi connectivity index (χ1v) is 5.31. The summed E-state index contributed by atoms with van der Waals surface area (Å²) in [5, 5.41) is -0.253. The average molecular weight is 236 g/mol. The van der Waals surface area contributed by atoms with Crippen LogP contribution in [0.4, 0.5) is 4.79 Å². The fourth-order valence-corrected chi connectivity index (χ4v) is 1.60. The third-order valence-corrected chi connectivity index (χ3v) is 2.65. The van der Waals surface area contributed by atoms with Gasteiger partial charge in [-0.05, 0) is 17.7 Å². The molecule has 1 amide bonds. The molecule has 0 radical (unpaired) electrons. The molecule has 0 N–H and O–H groups in total. The summed E-state index contributed by atoms with van der Waals surface area (Å²) >= 11 is 3.75. The van der Waals surface area contributed by atoms with Crippen LogP contribution in [0, 0.1) is 6.92 Å². The van der Waals surface area contributed by atoms with Crippen LogP contribution in [-0.2, 0) is 6.54 Å². The van der Waals surface area contributed by atoms with E-state index < -0.39 is 0 Å². The van der Waals surface area contributed by atoms with Crippen LogP contribution in [0.1, 0.15) is 11.5 Å². The van der Waals surface area contributed by atoms with Crippen molar-refractivity contribution in [1.82, 2.24) is 9.88 Å². The zero-order valence-electron chi connectivity index (χ0n) is 9.10. The summed E-state index contributed by atoms with van der Waals surface area (Å²) in [4.78, 5) is 16.7. The second-order valence-electron chi connectivity index (χ2n) is 3.67. The number of benzene rings is 1. The molecule has 1 heterocycles. The van der Waals surface area contributed by atoms with E-state index in [1.165, 1.54) is 4.90 Å². The monoisotopic (exact) mass is 236 g/mol. The molecule has 1 aromatic heterocycles. The summed E-state index contributed by atoms with van der Waals surface area (Å²) in [5.41, 5.74) is 2.59. The molecule has 1 aromatic carbocycles. The minimum absolute atomic E-state index is 0.253. The van der Waals surface area contributed by atoms with Crippen LogP contribution >= 0.6 is 12.6 Å². The fraction of sp³-hybridized carbons (Fsp3) is 0.273.